The topological polar surface area (TPSA) is 114 Å². The monoisotopic (exact) mass is 564 g/mol. The molecule has 3 heterocycles. The lowest BCUT2D eigenvalue weighted by atomic mass is 9.90. The molecule has 0 aliphatic carbocycles. The minimum Gasteiger partial charge on any atom is -0.444 e. The molecular formula is C30H36N4O5S. The van der Waals surface area contributed by atoms with Gasteiger partial charge in [0.15, 0.2) is 0 Å². The largest absolute Gasteiger partial charge is 0.444 e. The third-order valence-corrected chi connectivity index (χ3v) is 7.81. The van der Waals surface area contributed by atoms with E-state index in [2.05, 4.69) is 22.1 Å². The number of hydrogen-bond donors (Lipinski definition) is 2. The first kappa shape index (κ1) is 29.3. The average Bonchev–Trinajstić information content (AvgIpc) is 3.31. The zero-order valence-electron chi connectivity index (χ0n) is 23.4. The molecule has 0 saturated carbocycles. The lowest BCUT2D eigenvalue weighted by Gasteiger charge is -2.38. The zero-order valence-corrected chi connectivity index (χ0v) is 24.2. The van der Waals surface area contributed by atoms with Crippen molar-refractivity contribution in [3.63, 3.8) is 0 Å². The summed E-state index contributed by atoms with van der Waals surface area (Å²) in [5.74, 6) is 6.01. The Balaban J connectivity index is 1.34. The van der Waals surface area contributed by atoms with Crippen molar-refractivity contribution < 1.29 is 19.4 Å². The number of piperidine rings is 1. The lowest BCUT2D eigenvalue weighted by molar-refractivity contribution is -0.136. The second-order valence-corrected chi connectivity index (χ2v) is 12.2. The molecule has 4 rings (SSSR count). The Labute approximate surface area is 238 Å². The third-order valence-electron chi connectivity index (χ3n) is 6.85. The molecule has 3 aromatic rings. The van der Waals surface area contributed by atoms with E-state index in [4.69, 9.17) is 4.74 Å². The molecule has 0 spiro atoms. The van der Waals surface area contributed by atoms with Crippen LogP contribution in [0.2, 0.25) is 0 Å². The van der Waals surface area contributed by atoms with Gasteiger partial charge in [0.2, 0.25) is 5.91 Å². The number of alkyl carbamates (subject to hydrolysis) is 1. The van der Waals surface area contributed by atoms with Crippen LogP contribution in [0.4, 0.5) is 4.79 Å². The number of nitrogens with one attached hydrogen (secondary N) is 1. The Morgan fingerprint density at radius 3 is 2.60 bits per heavy atom. The van der Waals surface area contributed by atoms with E-state index >= 15 is 0 Å². The summed E-state index contributed by atoms with van der Waals surface area (Å²) in [6, 6.07) is 9.97. The Bertz CT molecular complexity index is 1470. The van der Waals surface area contributed by atoms with Gasteiger partial charge >= 0.3 is 6.09 Å². The molecular weight excluding hydrogens is 528 g/mol. The number of nitrogens with zero attached hydrogens (tertiary/aromatic N) is 3. The predicted molar refractivity (Wildman–Crippen MR) is 155 cm³/mol. The van der Waals surface area contributed by atoms with Gasteiger partial charge in [-0.2, -0.15) is 0 Å². The standard InChI is InChI=1S/C30H36N4O5S/c1-21(22-9-6-5-7-10-22)17-24(35)33-15-12-30(38,13-16-33)19-34-20-32-25-23(18-40-26(25)27(34)36)11-8-14-31-28(37)39-29(2,3)4/h5-7,9-10,18,20-21,38H,12-17,19H2,1-4H3,(H,31,37). The molecule has 1 atom stereocenters. The van der Waals surface area contributed by atoms with E-state index in [-0.39, 0.29) is 30.5 Å². The number of benzene rings is 1. The second-order valence-electron chi connectivity index (χ2n) is 11.3. The number of rotatable bonds is 6. The Hall–Kier alpha value is -3.68. The number of fused-ring (bicyclic) bond motifs is 1. The molecule has 1 unspecified atom stereocenters. The fraction of sp³-hybridized carbons (Fsp3) is 0.467. The van der Waals surface area contributed by atoms with Crippen LogP contribution in [0.5, 0.6) is 0 Å². The van der Waals surface area contributed by atoms with Gasteiger partial charge in [-0.25, -0.2) is 9.78 Å². The number of carbonyl (C=O) groups excluding carboxylic acids is 2. The van der Waals surface area contributed by atoms with Crippen LogP contribution in [0.25, 0.3) is 10.2 Å². The highest BCUT2D eigenvalue weighted by molar-refractivity contribution is 7.17. The smallest absolute Gasteiger partial charge is 0.408 e. The zero-order chi connectivity index (χ0) is 28.9. The molecule has 0 radical (unpaired) electrons. The van der Waals surface area contributed by atoms with E-state index in [0.29, 0.717) is 48.1 Å². The van der Waals surface area contributed by atoms with Crippen LogP contribution in [-0.4, -0.2) is 62.4 Å². The summed E-state index contributed by atoms with van der Waals surface area (Å²) in [6.07, 6.45) is 2.08. The van der Waals surface area contributed by atoms with Gasteiger partial charge in [0.1, 0.15) is 15.8 Å². The summed E-state index contributed by atoms with van der Waals surface area (Å²) in [6.45, 7) is 8.49. The molecule has 2 N–H and O–H groups in total. The van der Waals surface area contributed by atoms with Crippen LogP contribution < -0.4 is 10.9 Å². The molecule has 1 aliphatic heterocycles. The second kappa shape index (κ2) is 12.2. The van der Waals surface area contributed by atoms with Crippen LogP contribution >= 0.6 is 11.3 Å². The highest BCUT2D eigenvalue weighted by Gasteiger charge is 2.35. The van der Waals surface area contributed by atoms with Gasteiger partial charge in [0, 0.05) is 24.9 Å². The lowest BCUT2D eigenvalue weighted by Crippen LogP contribution is -2.49. The Morgan fingerprint density at radius 1 is 1.23 bits per heavy atom. The first-order valence-electron chi connectivity index (χ1n) is 13.4. The van der Waals surface area contributed by atoms with Crippen LogP contribution in [0.15, 0.2) is 46.8 Å². The van der Waals surface area contributed by atoms with E-state index < -0.39 is 17.3 Å². The molecule has 2 aromatic heterocycles. The summed E-state index contributed by atoms with van der Waals surface area (Å²) >= 11 is 1.25. The normalized spacial score (nSPS) is 15.7. The van der Waals surface area contributed by atoms with Crippen molar-refractivity contribution in [1.29, 1.82) is 0 Å². The van der Waals surface area contributed by atoms with E-state index in [1.54, 1.807) is 31.1 Å². The summed E-state index contributed by atoms with van der Waals surface area (Å²) in [4.78, 5) is 44.1. The van der Waals surface area contributed by atoms with Crippen molar-refractivity contribution in [3.05, 3.63) is 63.5 Å². The molecule has 0 bridgehead atoms. The van der Waals surface area contributed by atoms with Gasteiger partial charge < -0.3 is 20.1 Å². The predicted octanol–water partition coefficient (Wildman–Crippen LogP) is 3.88. The minimum atomic E-state index is -1.10. The minimum absolute atomic E-state index is 0.0761. The van der Waals surface area contributed by atoms with Gasteiger partial charge in [0.25, 0.3) is 5.56 Å². The average molecular weight is 565 g/mol. The molecule has 2 amide bonds. The van der Waals surface area contributed by atoms with Crippen LogP contribution in [0.3, 0.4) is 0 Å². The van der Waals surface area contributed by atoms with Crippen molar-refractivity contribution in [2.24, 2.45) is 0 Å². The maximum Gasteiger partial charge on any atom is 0.408 e. The number of aromatic nitrogens is 2. The maximum absolute atomic E-state index is 13.2. The van der Waals surface area contributed by atoms with Crippen molar-refractivity contribution in [3.8, 4) is 11.8 Å². The first-order chi connectivity index (χ1) is 18.9. The quantitative estimate of drug-likeness (QED) is 0.440. The molecule has 10 heteroatoms. The van der Waals surface area contributed by atoms with Crippen molar-refractivity contribution in [2.75, 3.05) is 19.6 Å². The van der Waals surface area contributed by atoms with Gasteiger partial charge in [0.05, 0.1) is 30.6 Å². The fourth-order valence-corrected chi connectivity index (χ4v) is 5.55. The SMILES string of the molecule is CC(CC(=O)N1CCC(O)(Cn2cnc3c(C#CCNC(=O)OC(C)(C)C)csc3c2=O)CC1)c1ccccc1. The summed E-state index contributed by atoms with van der Waals surface area (Å²) < 4.78 is 7.08. The fourth-order valence-electron chi connectivity index (χ4n) is 4.65. The van der Waals surface area contributed by atoms with Crippen molar-refractivity contribution in [2.45, 2.75) is 70.6 Å². The van der Waals surface area contributed by atoms with Crippen LogP contribution in [0, 0.1) is 11.8 Å². The van der Waals surface area contributed by atoms with Gasteiger partial charge in [-0.1, -0.05) is 49.1 Å². The van der Waals surface area contributed by atoms with Crippen LogP contribution in [0.1, 0.15) is 64.0 Å². The number of likely N-dealkylation sites (tertiary alicyclic amines) is 1. The Kier molecular flexibility index (Phi) is 8.96. The number of carbonyl (C=O) groups is 2. The van der Waals surface area contributed by atoms with Crippen molar-refractivity contribution >= 4 is 33.6 Å². The number of hydrogen-bond acceptors (Lipinski definition) is 7. The molecule has 1 fully saturated rings. The van der Waals surface area contributed by atoms with Gasteiger partial charge in [-0.15, -0.1) is 11.3 Å². The van der Waals surface area contributed by atoms with E-state index in [0.717, 1.165) is 5.56 Å². The number of ether oxygens (including phenoxy) is 1. The highest BCUT2D eigenvalue weighted by atomic mass is 32.1. The number of amides is 2. The van der Waals surface area contributed by atoms with Crippen molar-refractivity contribution in [1.82, 2.24) is 19.8 Å². The summed E-state index contributed by atoms with van der Waals surface area (Å²) in [7, 11) is 0. The van der Waals surface area contributed by atoms with Gasteiger partial charge in [-0.05, 0) is 45.1 Å². The van der Waals surface area contributed by atoms with E-state index in [9.17, 15) is 19.5 Å². The molecule has 1 aromatic carbocycles. The van der Waals surface area contributed by atoms with Crippen LogP contribution in [-0.2, 0) is 16.1 Å². The molecule has 9 nitrogen and oxygen atoms in total. The molecule has 212 valence electrons. The molecule has 1 aliphatic rings. The van der Waals surface area contributed by atoms with E-state index in [1.807, 2.05) is 37.3 Å². The first-order valence-corrected chi connectivity index (χ1v) is 14.3. The third kappa shape index (κ3) is 7.49. The maximum atomic E-state index is 13.2. The number of thiophene rings is 1. The number of aliphatic hydroxyl groups is 1. The highest BCUT2D eigenvalue weighted by Crippen LogP contribution is 2.27. The van der Waals surface area contributed by atoms with Gasteiger partial charge in [-0.3, -0.25) is 14.2 Å². The molecule has 40 heavy (non-hydrogen) atoms. The summed E-state index contributed by atoms with van der Waals surface area (Å²) in [5, 5.41) is 15.6. The van der Waals surface area contributed by atoms with E-state index in [1.165, 1.54) is 22.2 Å². The summed E-state index contributed by atoms with van der Waals surface area (Å²) in [5.41, 5.74) is 0.300. The Morgan fingerprint density at radius 2 is 1.93 bits per heavy atom. The molecule has 1 saturated heterocycles.